The number of nitrogens with one attached hydrogen (secondary N) is 1. The van der Waals surface area contributed by atoms with Crippen LogP contribution in [-0.2, 0) is 6.42 Å². The van der Waals surface area contributed by atoms with Crippen LogP contribution in [0.15, 0.2) is 22.7 Å². The van der Waals surface area contributed by atoms with Gasteiger partial charge < -0.3 is 5.32 Å². The van der Waals surface area contributed by atoms with E-state index in [9.17, 15) is 4.39 Å². The van der Waals surface area contributed by atoms with Crippen LogP contribution >= 0.6 is 15.9 Å². The van der Waals surface area contributed by atoms with Gasteiger partial charge in [-0.05, 0) is 63.9 Å². The van der Waals surface area contributed by atoms with Crippen molar-refractivity contribution in [3.05, 3.63) is 34.1 Å². The van der Waals surface area contributed by atoms with Crippen LogP contribution in [0.3, 0.4) is 0 Å². The summed E-state index contributed by atoms with van der Waals surface area (Å²) < 4.78 is 14.0. The number of hydrogen-bond acceptors (Lipinski definition) is 1. The lowest BCUT2D eigenvalue weighted by Crippen LogP contribution is -2.36. The molecule has 0 unspecified atom stereocenters. The van der Waals surface area contributed by atoms with Crippen molar-refractivity contribution < 1.29 is 4.39 Å². The maximum atomic E-state index is 13.0. The average molecular weight is 288 g/mol. The maximum absolute atomic E-state index is 13.0. The zero-order valence-corrected chi connectivity index (χ0v) is 11.7. The number of benzene rings is 1. The van der Waals surface area contributed by atoms with Crippen LogP contribution in [0.5, 0.6) is 0 Å². The highest BCUT2D eigenvalue weighted by molar-refractivity contribution is 9.10. The van der Waals surface area contributed by atoms with Crippen LogP contribution in [0.25, 0.3) is 0 Å². The first-order chi connectivity index (χ1) is 7.38. The highest BCUT2D eigenvalue weighted by Gasteiger charge is 2.08. The second-order valence-electron chi connectivity index (χ2n) is 5.02. The molecule has 3 heteroatoms. The quantitative estimate of drug-likeness (QED) is 0.828. The maximum Gasteiger partial charge on any atom is 0.123 e. The van der Waals surface area contributed by atoms with Gasteiger partial charge in [0.05, 0.1) is 0 Å². The van der Waals surface area contributed by atoms with Crippen LogP contribution in [0.1, 0.15) is 32.8 Å². The van der Waals surface area contributed by atoms with E-state index in [0.717, 1.165) is 29.4 Å². The summed E-state index contributed by atoms with van der Waals surface area (Å²) in [5.41, 5.74) is 1.19. The molecule has 0 spiro atoms. The molecule has 0 heterocycles. The Labute approximate surface area is 106 Å². The van der Waals surface area contributed by atoms with Crippen LogP contribution in [0.4, 0.5) is 4.39 Å². The minimum absolute atomic E-state index is 0.152. The van der Waals surface area contributed by atoms with Crippen LogP contribution in [-0.4, -0.2) is 12.1 Å². The second kappa shape index (κ2) is 5.78. The molecular weight excluding hydrogens is 269 g/mol. The Morgan fingerprint density at radius 2 is 2.00 bits per heavy atom. The molecule has 0 saturated carbocycles. The normalized spacial score (nSPS) is 11.8. The monoisotopic (exact) mass is 287 g/mol. The standard InChI is InChI=1S/C13H19BrFN/c1-13(2,3)16-8-4-5-10-9-11(15)6-7-12(10)14/h6-7,9,16H,4-5,8H2,1-3H3. The van der Waals surface area contributed by atoms with Gasteiger partial charge in [0, 0.05) is 10.0 Å². The molecule has 0 fully saturated rings. The Morgan fingerprint density at radius 3 is 2.62 bits per heavy atom. The Balaban J connectivity index is 2.40. The number of hydrogen-bond donors (Lipinski definition) is 1. The topological polar surface area (TPSA) is 12.0 Å². The lowest BCUT2D eigenvalue weighted by Gasteiger charge is -2.20. The first-order valence-electron chi connectivity index (χ1n) is 5.57. The van der Waals surface area contributed by atoms with E-state index in [-0.39, 0.29) is 11.4 Å². The van der Waals surface area contributed by atoms with Gasteiger partial charge in [0.2, 0.25) is 0 Å². The first-order valence-corrected chi connectivity index (χ1v) is 6.37. The van der Waals surface area contributed by atoms with Crippen molar-refractivity contribution in [2.45, 2.75) is 39.2 Å². The predicted octanol–water partition coefficient (Wildman–Crippen LogP) is 3.91. The summed E-state index contributed by atoms with van der Waals surface area (Å²) in [6, 6.07) is 4.84. The molecule has 0 amide bonds. The fourth-order valence-corrected chi connectivity index (χ4v) is 1.92. The highest BCUT2D eigenvalue weighted by atomic mass is 79.9. The largest absolute Gasteiger partial charge is 0.312 e. The van der Waals surface area contributed by atoms with Gasteiger partial charge in [0.15, 0.2) is 0 Å². The Kier molecular flexibility index (Phi) is 4.93. The Morgan fingerprint density at radius 1 is 1.31 bits per heavy atom. The van der Waals surface area contributed by atoms with Crippen molar-refractivity contribution in [3.8, 4) is 0 Å². The SMILES string of the molecule is CC(C)(C)NCCCc1cc(F)ccc1Br. The molecule has 0 bridgehead atoms. The zero-order chi connectivity index (χ0) is 12.2. The van der Waals surface area contributed by atoms with Crippen molar-refractivity contribution in [3.63, 3.8) is 0 Å². The van der Waals surface area contributed by atoms with Gasteiger partial charge >= 0.3 is 0 Å². The molecule has 0 aliphatic rings. The van der Waals surface area contributed by atoms with Crippen molar-refractivity contribution in [1.29, 1.82) is 0 Å². The van der Waals surface area contributed by atoms with Gasteiger partial charge in [0.1, 0.15) is 5.82 Å². The fraction of sp³-hybridized carbons (Fsp3) is 0.538. The van der Waals surface area contributed by atoms with Crippen molar-refractivity contribution in [2.75, 3.05) is 6.54 Å². The van der Waals surface area contributed by atoms with E-state index >= 15 is 0 Å². The predicted molar refractivity (Wildman–Crippen MR) is 70.2 cm³/mol. The highest BCUT2D eigenvalue weighted by Crippen LogP contribution is 2.19. The summed E-state index contributed by atoms with van der Waals surface area (Å²) in [7, 11) is 0. The van der Waals surface area contributed by atoms with Crippen molar-refractivity contribution in [2.24, 2.45) is 0 Å². The smallest absolute Gasteiger partial charge is 0.123 e. The molecule has 1 rings (SSSR count). The Bertz CT molecular complexity index is 344. The first kappa shape index (κ1) is 13.7. The third kappa shape index (κ3) is 5.08. The van der Waals surface area contributed by atoms with E-state index in [0.29, 0.717) is 0 Å². The molecule has 0 aliphatic carbocycles. The third-order valence-corrected chi connectivity index (χ3v) is 3.06. The van der Waals surface area contributed by atoms with Gasteiger partial charge in [0.25, 0.3) is 0 Å². The van der Waals surface area contributed by atoms with Gasteiger partial charge in [-0.25, -0.2) is 4.39 Å². The average Bonchev–Trinajstić information content (AvgIpc) is 2.16. The van der Waals surface area contributed by atoms with Gasteiger partial charge in [-0.15, -0.1) is 0 Å². The van der Waals surface area contributed by atoms with Crippen molar-refractivity contribution in [1.82, 2.24) is 5.32 Å². The van der Waals surface area contributed by atoms with Gasteiger partial charge in [-0.2, -0.15) is 0 Å². The van der Waals surface area contributed by atoms with E-state index in [1.807, 2.05) is 0 Å². The number of aryl methyl sites for hydroxylation is 1. The lowest BCUT2D eigenvalue weighted by molar-refractivity contribution is 0.422. The van der Waals surface area contributed by atoms with Crippen LogP contribution in [0.2, 0.25) is 0 Å². The third-order valence-electron chi connectivity index (χ3n) is 2.29. The zero-order valence-electron chi connectivity index (χ0n) is 10.1. The fourth-order valence-electron chi connectivity index (χ4n) is 1.48. The van der Waals surface area contributed by atoms with Crippen LogP contribution < -0.4 is 5.32 Å². The van der Waals surface area contributed by atoms with Crippen molar-refractivity contribution >= 4 is 15.9 Å². The molecule has 0 saturated heterocycles. The Hall–Kier alpha value is -0.410. The van der Waals surface area contributed by atoms with E-state index < -0.39 is 0 Å². The minimum atomic E-state index is -0.165. The summed E-state index contributed by atoms with van der Waals surface area (Å²) in [6.07, 6.45) is 1.90. The second-order valence-corrected chi connectivity index (χ2v) is 5.87. The molecule has 1 aromatic rings. The molecule has 0 aromatic heterocycles. The molecule has 1 N–H and O–H groups in total. The van der Waals surface area contributed by atoms with E-state index in [2.05, 4.69) is 42.0 Å². The summed E-state index contributed by atoms with van der Waals surface area (Å²) in [5.74, 6) is -0.165. The van der Waals surface area contributed by atoms with Gasteiger partial charge in [-0.3, -0.25) is 0 Å². The van der Waals surface area contributed by atoms with E-state index in [4.69, 9.17) is 0 Å². The molecule has 0 atom stereocenters. The molecule has 90 valence electrons. The van der Waals surface area contributed by atoms with Crippen LogP contribution in [0, 0.1) is 5.82 Å². The molecule has 0 aliphatic heterocycles. The lowest BCUT2D eigenvalue weighted by atomic mass is 10.1. The van der Waals surface area contributed by atoms with E-state index in [1.165, 1.54) is 6.07 Å². The number of halogens is 2. The van der Waals surface area contributed by atoms with Gasteiger partial charge in [-0.1, -0.05) is 15.9 Å². The number of rotatable bonds is 4. The summed E-state index contributed by atoms with van der Waals surface area (Å²) in [5, 5.41) is 3.42. The van der Waals surface area contributed by atoms with E-state index in [1.54, 1.807) is 12.1 Å². The molecule has 16 heavy (non-hydrogen) atoms. The molecular formula is C13H19BrFN. The minimum Gasteiger partial charge on any atom is -0.312 e. The molecule has 0 radical (unpaired) electrons. The summed E-state index contributed by atoms with van der Waals surface area (Å²) >= 11 is 3.43. The molecule has 1 nitrogen and oxygen atoms in total. The summed E-state index contributed by atoms with van der Waals surface area (Å²) in [6.45, 7) is 7.38. The molecule has 1 aromatic carbocycles. The summed E-state index contributed by atoms with van der Waals surface area (Å²) in [4.78, 5) is 0.